The van der Waals surface area contributed by atoms with Crippen LogP contribution < -0.4 is 4.74 Å². The lowest BCUT2D eigenvalue weighted by molar-refractivity contribution is -0.275. The molecule has 1 rings (SSSR count). The number of methoxy groups -OCH3 is 1. The molecule has 21 heavy (non-hydrogen) atoms. The van der Waals surface area contributed by atoms with Crippen molar-refractivity contribution in [1.29, 1.82) is 5.26 Å². The molecular formula is C11H5F6NO3. The van der Waals surface area contributed by atoms with Gasteiger partial charge in [0.05, 0.1) is 18.2 Å². The predicted octanol–water partition coefficient (Wildman–Crippen LogP) is 3.26. The molecule has 0 atom stereocenters. The van der Waals surface area contributed by atoms with Crippen LogP contribution in [0.15, 0.2) is 12.1 Å². The maximum absolute atomic E-state index is 12.8. The Labute approximate surface area is 113 Å². The van der Waals surface area contributed by atoms with Crippen LogP contribution in [0.3, 0.4) is 0 Å². The summed E-state index contributed by atoms with van der Waals surface area (Å²) in [4.78, 5) is 11.4. The Bertz CT molecular complexity index is 600. The maximum Gasteiger partial charge on any atom is 0.573 e. The Balaban J connectivity index is 3.71. The first kappa shape index (κ1) is 16.6. The lowest BCUT2D eigenvalue weighted by Crippen LogP contribution is -2.23. The van der Waals surface area contributed by atoms with Crippen molar-refractivity contribution in [3.8, 4) is 11.8 Å². The van der Waals surface area contributed by atoms with Crippen LogP contribution in [0.5, 0.6) is 5.75 Å². The molecule has 0 bridgehead atoms. The molecule has 0 amide bonds. The normalized spacial score (nSPS) is 11.7. The van der Waals surface area contributed by atoms with E-state index < -0.39 is 40.9 Å². The standard InChI is InChI=1S/C11H5F6NO3/c1-20-9(19)7-6(10(12,13)14)3-2-5(4-18)8(7)21-11(15,16)17/h2-3H,1H3. The Morgan fingerprint density at radius 3 is 2.14 bits per heavy atom. The van der Waals surface area contributed by atoms with E-state index in [1.165, 1.54) is 6.07 Å². The van der Waals surface area contributed by atoms with E-state index in [0.29, 0.717) is 19.2 Å². The fraction of sp³-hybridized carbons (Fsp3) is 0.273. The minimum Gasteiger partial charge on any atom is -0.465 e. The molecule has 0 heterocycles. The predicted molar refractivity (Wildman–Crippen MR) is 54.2 cm³/mol. The van der Waals surface area contributed by atoms with Gasteiger partial charge in [-0.2, -0.15) is 18.4 Å². The Morgan fingerprint density at radius 1 is 1.19 bits per heavy atom. The van der Waals surface area contributed by atoms with Gasteiger partial charge in [-0.1, -0.05) is 0 Å². The van der Waals surface area contributed by atoms with Crippen LogP contribution in [0.25, 0.3) is 0 Å². The first-order chi connectivity index (χ1) is 9.51. The number of nitriles is 1. The molecule has 0 radical (unpaired) electrons. The summed E-state index contributed by atoms with van der Waals surface area (Å²) in [5.41, 5.74) is -4.10. The number of alkyl halides is 6. The molecule has 0 saturated carbocycles. The fourth-order valence-corrected chi connectivity index (χ4v) is 1.43. The van der Waals surface area contributed by atoms with Crippen LogP contribution in [0.4, 0.5) is 26.3 Å². The molecule has 0 aromatic heterocycles. The molecule has 10 heteroatoms. The van der Waals surface area contributed by atoms with E-state index in [2.05, 4.69) is 9.47 Å². The van der Waals surface area contributed by atoms with Crippen molar-refractivity contribution in [2.75, 3.05) is 7.11 Å². The number of ether oxygens (including phenoxy) is 2. The highest BCUT2D eigenvalue weighted by Crippen LogP contribution is 2.39. The minimum atomic E-state index is -5.39. The molecule has 0 aliphatic heterocycles. The molecule has 0 saturated heterocycles. The first-order valence-electron chi connectivity index (χ1n) is 4.99. The maximum atomic E-state index is 12.8. The summed E-state index contributed by atoms with van der Waals surface area (Å²) in [7, 11) is 0.679. The highest BCUT2D eigenvalue weighted by molar-refractivity contribution is 5.95. The fourth-order valence-electron chi connectivity index (χ4n) is 1.43. The van der Waals surface area contributed by atoms with E-state index in [9.17, 15) is 31.1 Å². The second-order valence-electron chi connectivity index (χ2n) is 3.51. The molecule has 0 aliphatic rings. The number of hydrogen-bond donors (Lipinski definition) is 0. The summed E-state index contributed by atoms with van der Waals surface area (Å²) in [6.07, 6.45) is -10.5. The van der Waals surface area contributed by atoms with Gasteiger partial charge in [-0.25, -0.2) is 4.79 Å². The van der Waals surface area contributed by atoms with Crippen molar-refractivity contribution in [1.82, 2.24) is 0 Å². The van der Waals surface area contributed by atoms with Crippen LogP contribution in [0.2, 0.25) is 0 Å². The summed E-state index contributed by atoms with van der Waals surface area (Å²) in [5, 5.41) is 8.66. The third-order valence-corrected chi connectivity index (χ3v) is 2.19. The van der Waals surface area contributed by atoms with Crippen LogP contribution in [-0.2, 0) is 10.9 Å². The molecule has 0 unspecified atom stereocenters. The molecule has 114 valence electrons. The SMILES string of the molecule is COC(=O)c1c(C(F)(F)F)ccc(C#N)c1OC(F)(F)F. The number of carbonyl (C=O) groups is 1. The monoisotopic (exact) mass is 313 g/mol. The third-order valence-electron chi connectivity index (χ3n) is 2.19. The number of carbonyl (C=O) groups excluding carboxylic acids is 1. The van der Waals surface area contributed by atoms with Crippen LogP contribution >= 0.6 is 0 Å². The van der Waals surface area contributed by atoms with Gasteiger partial charge in [-0.3, -0.25) is 0 Å². The summed E-state index contributed by atoms with van der Waals surface area (Å²) in [6.45, 7) is 0. The number of halogens is 6. The Kier molecular flexibility index (Phi) is 4.36. The quantitative estimate of drug-likeness (QED) is 0.621. The lowest BCUT2D eigenvalue weighted by Gasteiger charge is -2.17. The first-order valence-corrected chi connectivity index (χ1v) is 4.99. The average Bonchev–Trinajstić information content (AvgIpc) is 2.34. The van der Waals surface area contributed by atoms with Crippen molar-refractivity contribution in [2.24, 2.45) is 0 Å². The Hall–Kier alpha value is -2.44. The largest absolute Gasteiger partial charge is 0.573 e. The van der Waals surface area contributed by atoms with E-state index >= 15 is 0 Å². The van der Waals surface area contributed by atoms with E-state index in [-0.39, 0.29) is 0 Å². The van der Waals surface area contributed by atoms with Crippen LogP contribution in [0.1, 0.15) is 21.5 Å². The minimum absolute atomic E-state index is 0.300. The second kappa shape index (κ2) is 5.51. The number of nitrogens with zero attached hydrogens (tertiary/aromatic N) is 1. The van der Waals surface area contributed by atoms with Crippen molar-refractivity contribution in [3.63, 3.8) is 0 Å². The molecule has 0 spiro atoms. The number of hydrogen-bond acceptors (Lipinski definition) is 4. The number of rotatable bonds is 2. The number of esters is 1. The van der Waals surface area contributed by atoms with Crippen molar-refractivity contribution < 1.29 is 40.6 Å². The Morgan fingerprint density at radius 2 is 1.76 bits per heavy atom. The van der Waals surface area contributed by atoms with E-state index in [1.54, 1.807) is 0 Å². The lowest BCUT2D eigenvalue weighted by atomic mass is 10.0. The van der Waals surface area contributed by atoms with E-state index in [1.807, 2.05) is 0 Å². The van der Waals surface area contributed by atoms with Crippen LogP contribution in [0, 0.1) is 11.3 Å². The van der Waals surface area contributed by atoms with Gasteiger partial charge in [-0.15, -0.1) is 13.2 Å². The van der Waals surface area contributed by atoms with Gasteiger partial charge in [0.15, 0.2) is 5.75 Å². The molecule has 0 N–H and O–H groups in total. The summed E-state index contributed by atoms with van der Waals surface area (Å²) < 4.78 is 82.5. The van der Waals surface area contributed by atoms with Gasteiger partial charge in [0.1, 0.15) is 11.6 Å². The zero-order valence-electron chi connectivity index (χ0n) is 10.1. The van der Waals surface area contributed by atoms with E-state index in [0.717, 1.165) is 0 Å². The molecule has 4 nitrogen and oxygen atoms in total. The summed E-state index contributed by atoms with van der Waals surface area (Å²) in [5.74, 6) is -3.26. The summed E-state index contributed by atoms with van der Waals surface area (Å²) >= 11 is 0. The van der Waals surface area contributed by atoms with Crippen LogP contribution in [-0.4, -0.2) is 19.4 Å². The molecule has 0 fully saturated rings. The highest BCUT2D eigenvalue weighted by atomic mass is 19.4. The van der Waals surface area contributed by atoms with Gasteiger partial charge in [-0.05, 0) is 12.1 Å². The summed E-state index contributed by atoms with van der Waals surface area (Å²) in [6, 6.07) is 1.98. The van der Waals surface area contributed by atoms with Gasteiger partial charge in [0.25, 0.3) is 0 Å². The second-order valence-corrected chi connectivity index (χ2v) is 3.51. The smallest absolute Gasteiger partial charge is 0.465 e. The zero-order chi connectivity index (χ0) is 16.4. The van der Waals surface area contributed by atoms with Gasteiger partial charge >= 0.3 is 18.5 Å². The average molecular weight is 313 g/mol. The van der Waals surface area contributed by atoms with Gasteiger partial charge in [0.2, 0.25) is 0 Å². The zero-order valence-corrected chi connectivity index (χ0v) is 10.1. The van der Waals surface area contributed by atoms with Gasteiger partial charge < -0.3 is 9.47 Å². The molecular weight excluding hydrogens is 308 g/mol. The van der Waals surface area contributed by atoms with Crippen molar-refractivity contribution in [2.45, 2.75) is 12.5 Å². The van der Waals surface area contributed by atoms with Gasteiger partial charge in [0, 0.05) is 0 Å². The van der Waals surface area contributed by atoms with E-state index in [4.69, 9.17) is 5.26 Å². The molecule has 1 aromatic rings. The molecule has 1 aromatic carbocycles. The van der Waals surface area contributed by atoms with Crippen molar-refractivity contribution >= 4 is 5.97 Å². The topological polar surface area (TPSA) is 59.3 Å². The highest BCUT2D eigenvalue weighted by Gasteiger charge is 2.41. The number of benzene rings is 1. The molecule has 0 aliphatic carbocycles. The van der Waals surface area contributed by atoms with Crippen molar-refractivity contribution in [3.05, 3.63) is 28.8 Å². The third kappa shape index (κ3) is 3.77.